The van der Waals surface area contributed by atoms with Crippen LogP contribution in [0, 0.1) is 6.92 Å². The molecule has 0 fully saturated rings. The third-order valence-electron chi connectivity index (χ3n) is 6.85. The molecule has 3 heterocycles. The number of benzene rings is 2. The van der Waals surface area contributed by atoms with Crippen LogP contribution < -0.4 is 19.8 Å². The van der Waals surface area contributed by atoms with Gasteiger partial charge in [-0.25, -0.2) is 9.78 Å². The number of hydrogen-bond donors (Lipinski definition) is 0. The standard InChI is InChI=1S/C31H29BrN2O7S/c1-5-7-8-14-39-22-11-9-18(15-23(22)38-4)25-24-26(35)20-16-19(32)10-12-21(20)41-27(24)29(36)34(25)31-33-17(3)28(42-31)30(37)40-13-6-2/h6,9-12,15-16,25H,2,5,7-8,13-14H2,1,3-4H3. The average Bonchev–Trinajstić information content (AvgIpc) is 3.51. The fraction of sp³-hybridized carbons (Fsp3) is 0.290. The molecule has 1 aliphatic rings. The van der Waals surface area contributed by atoms with Crippen molar-refractivity contribution < 1.29 is 28.2 Å². The average molecular weight is 654 g/mol. The Hall–Kier alpha value is -3.96. The Balaban J connectivity index is 1.66. The predicted octanol–water partition coefficient (Wildman–Crippen LogP) is 6.99. The van der Waals surface area contributed by atoms with Crippen LogP contribution in [0.25, 0.3) is 11.0 Å². The minimum atomic E-state index is -0.905. The Morgan fingerprint density at radius 2 is 2.00 bits per heavy atom. The Labute approximate surface area is 254 Å². The molecule has 0 radical (unpaired) electrons. The molecule has 1 aliphatic heterocycles. The van der Waals surface area contributed by atoms with Crippen LogP contribution in [0.15, 0.2) is 62.7 Å². The summed E-state index contributed by atoms with van der Waals surface area (Å²) in [5.41, 5.74) is 1.10. The van der Waals surface area contributed by atoms with Gasteiger partial charge in [-0.15, -0.1) is 0 Å². The lowest BCUT2D eigenvalue weighted by Gasteiger charge is -2.23. The molecule has 5 rings (SSSR count). The molecule has 2 aromatic carbocycles. The molecule has 0 bridgehead atoms. The van der Waals surface area contributed by atoms with Gasteiger partial charge < -0.3 is 18.6 Å². The number of amides is 1. The topological polar surface area (TPSA) is 108 Å². The maximum atomic E-state index is 14.0. The number of nitrogens with zero attached hydrogens (tertiary/aromatic N) is 2. The quantitative estimate of drug-likeness (QED) is 0.0969. The van der Waals surface area contributed by atoms with Crippen molar-refractivity contribution in [3.05, 3.63) is 91.2 Å². The molecule has 1 amide bonds. The van der Waals surface area contributed by atoms with Crippen LogP contribution in [-0.4, -0.2) is 37.2 Å². The summed E-state index contributed by atoms with van der Waals surface area (Å²) < 4.78 is 23.6. The zero-order valence-electron chi connectivity index (χ0n) is 23.4. The summed E-state index contributed by atoms with van der Waals surface area (Å²) in [5, 5.41) is 0.553. The van der Waals surface area contributed by atoms with Crippen molar-refractivity contribution in [2.24, 2.45) is 0 Å². The molecular weight excluding hydrogens is 624 g/mol. The zero-order valence-corrected chi connectivity index (χ0v) is 25.8. The van der Waals surface area contributed by atoms with E-state index in [0.29, 0.717) is 39.2 Å². The Morgan fingerprint density at radius 1 is 1.19 bits per heavy atom. The van der Waals surface area contributed by atoms with Gasteiger partial charge in [0.1, 0.15) is 17.1 Å². The van der Waals surface area contributed by atoms with E-state index in [1.54, 1.807) is 43.3 Å². The van der Waals surface area contributed by atoms with Gasteiger partial charge in [0.25, 0.3) is 5.91 Å². The van der Waals surface area contributed by atoms with E-state index in [9.17, 15) is 14.4 Å². The van der Waals surface area contributed by atoms with Gasteiger partial charge in [0, 0.05) is 4.47 Å². The largest absolute Gasteiger partial charge is 0.493 e. The van der Waals surface area contributed by atoms with Gasteiger partial charge in [0.2, 0.25) is 5.76 Å². The summed E-state index contributed by atoms with van der Waals surface area (Å²) in [6.07, 6.45) is 4.50. The minimum Gasteiger partial charge on any atom is -0.493 e. The Morgan fingerprint density at radius 3 is 2.74 bits per heavy atom. The molecule has 218 valence electrons. The van der Waals surface area contributed by atoms with Crippen molar-refractivity contribution in [1.29, 1.82) is 0 Å². The molecule has 0 N–H and O–H groups in total. The van der Waals surface area contributed by atoms with E-state index < -0.39 is 17.9 Å². The summed E-state index contributed by atoms with van der Waals surface area (Å²) in [4.78, 5) is 46.9. The van der Waals surface area contributed by atoms with Crippen LogP contribution in [0.4, 0.5) is 5.13 Å². The van der Waals surface area contributed by atoms with Crippen molar-refractivity contribution in [2.75, 3.05) is 25.2 Å². The molecule has 1 unspecified atom stereocenters. The summed E-state index contributed by atoms with van der Waals surface area (Å²) in [7, 11) is 1.54. The van der Waals surface area contributed by atoms with Crippen molar-refractivity contribution in [1.82, 2.24) is 4.98 Å². The number of unbranched alkanes of at least 4 members (excludes halogenated alkanes) is 2. The number of carbonyl (C=O) groups is 2. The third-order valence-corrected chi connectivity index (χ3v) is 8.48. The molecule has 0 aliphatic carbocycles. The van der Waals surface area contributed by atoms with Crippen LogP contribution in [0.3, 0.4) is 0 Å². The second-order valence-corrected chi connectivity index (χ2v) is 11.5. The molecule has 2 aromatic heterocycles. The van der Waals surface area contributed by atoms with Gasteiger partial charge in [-0.1, -0.05) is 65.8 Å². The number of methoxy groups -OCH3 is 1. The van der Waals surface area contributed by atoms with Crippen LogP contribution in [0.1, 0.15) is 69.3 Å². The predicted molar refractivity (Wildman–Crippen MR) is 164 cm³/mol. The smallest absolute Gasteiger partial charge is 0.350 e. The van der Waals surface area contributed by atoms with Gasteiger partial charge in [-0.3, -0.25) is 14.5 Å². The van der Waals surface area contributed by atoms with Crippen molar-refractivity contribution in [3.63, 3.8) is 0 Å². The number of ether oxygens (including phenoxy) is 3. The number of anilines is 1. The minimum absolute atomic E-state index is 0.0371. The first-order valence-corrected chi connectivity index (χ1v) is 15.1. The first-order valence-electron chi connectivity index (χ1n) is 13.4. The van der Waals surface area contributed by atoms with Crippen LogP contribution in [-0.2, 0) is 4.74 Å². The van der Waals surface area contributed by atoms with Gasteiger partial charge in [0.05, 0.1) is 36.4 Å². The number of esters is 1. The van der Waals surface area contributed by atoms with Gasteiger partial charge in [-0.2, -0.15) is 0 Å². The Kier molecular flexibility index (Phi) is 8.79. The normalized spacial score (nSPS) is 14.2. The highest BCUT2D eigenvalue weighted by molar-refractivity contribution is 9.10. The first kappa shape index (κ1) is 29.5. The highest BCUT2D eigenvalue weighted by Gasteiger charge is 2.45. The van der Waals surface area contributed by atoms with Crippen molar-refractivity contribution in [3.8, 4) is 11.5 Å². The highest BCUT2D eigenvalue weighted by atomic mass is 79.9. The molecule has 0 spiro atoms. The number of hydrogen-bond acceptors (Lipinski definition) is 9. The second-order valence-electron chi connectivity index (χ2n) is 9.66. The fourth-order valence-electron chi connectivity index (χ4n) is 4.84. The second kappa shape index (κ2) is 12.5. The molecule has 1 atom stereocenters. The first-order chi connectivity index (χ1) is 20.3. The van der Waals surface area contributed by atoms with Crippen LogP contribution in [0.5, 0.6) is 11.5 Å². The zero-order chi connectivity index (χ0) is 30.0. The molecular formula is C31H29BrN2O7S. The summed E-state index contributed by atoms with van der Waals surface area (Å²) in [6.45, 7) is 7.93. The van der Waals surface area contributed by atoms with E-state index in [2.05, 4.69) is 34.4 Å². The van der Waals surface area contributed by atoms with Crippen molar-refractivity contribution in [2.45, 2.75) is 39.2 Å². The van der Waals surface area contributed by atoms with E-state index in [1.807, 2.05) is 0 Å². The lowest BCUT2D eigenvalue weighted by atomic mass is 9.98. The molecule has 0 saturated carbocycles. The number of aryl methyl sites for hydroxylation is 1. The number of carbonyl (C=O) groups excluding carboxylic acids is 2. The molecule has 11 heteroatoms. The SMILES string of the molecule is C=CCOC(=O)c1sc(N2C(=O)c3oc4ccc(Br)cc4c(=O)c3C2c2ccc(OCCCCC)c(OC)c2)nc1C. The van der Waals surface area contributed by atoms with Gasteiger partial charge in [-0.05, 0) is 49.2 Å². The van der Waals surface area contributed by atoms with E-state index >= 15 is 0 Å². The van der Waals surface area contributed by atoms with Gasteiger partial charge >= 0.3 is 5.97 Å². The molecule has 9 nitrogen and oxygen atoms in total. The third kappa shape index (κ3) is 5.46. The van der Waals surface area contributed by atoms with Crippen molar-refractivity contribution >= 4 is 55.2 Å². The maximum Gasteiger partial charge on any atom is 0.350 e. The molecule has 4 aromatic rings. The number of aromatic nitrogens is 1. The van der Waals surface area contributed by atoms with Crippen LogP contribution in [0.2, 0.25) is 0 Å². The van der Waals surface area contributed by atoms with E-state index in [4.69, 9.17) is 18.6 Å². The highest BCUT2D eigenvalue weighted by Crippen LogP contribution is 2.45. The van der Waals surface area contributed by atoms with E-state index in [-0.39, 0.29) is 39.0 Å². The number of halogens is 1. The molecule has 42 heavy (non-hydrogen) atoms. The summed E-state index contributed by atoms with van der Waals surface area (Å²) in [5.74, 6) is -0.187. The number of thiazole rings is 1. The summed E-state index contributed by atoms with van der Waals surface area (Å²) >= 11 is 4.43. The molecule has 0 saturated heterocycles. The van der Waals surface area contributed by atoms with E-state index in [1.165, 1.54) is 18.1 Å². The number of fused-ring (bicyclic) bond motifs is 2. The lowest BCUT2D eigenvalue weighted by Crippen LogP contribution is -2.29. The lowest BCUT2D eigenvalue weighted by molar-refractivity contribution is 0.0554. The number of rotatable bonds is 11. The van der Waals surface area contributed by atoms with Crippen LogP contribution >= 0.6 is 27.3 Å². The summed E-state index contributed by atoms with van der Waals surface area (Å²) in [6, 6.07) is 9.45. The maximum absolute atomic E-state index is 14.0. The van der Waals surface area contributed by atoms with Gasteiger partial charge in [0.15, 0.2) is 22.1 Å². The fourth-order valence-corrected chi connectivity index (χ4v) is 6.19. The Bertz CT molecular complexity index is 1750. The van der Waals surface area contributed by atoms with E-state index in [0.717, 1.165) is 30.6 Å². The monoisotopic (exact) mass is 652 g/mol.